The molecule has 0 unspecified atom stereocenters. The number of phenols is 1. The van der Waals surface area contributed by atoms with Crippen LogP contribution in [0.4, 0.5) is 33.7 Å². The number of hydrogen-bond donors (Lipinski definition) is 3. The van der Waals surface area contributed by atoms with E-state index in [1.54, 1.807) is 0 Å². The van der Waals surface area contributed by atoms with E-state index in [1.165, 1.54) is 18.2 Å². The van der Waals surface area contributed by atoms with E-state index in [2.05, 4.69) is 15.4 Å². The minimum absolute atomic E-state index is 0.0924. The number of hydrogen-bond acceptors (Lipinski definition) is 3. The Morgan fingerprint density at radius 1 is 1.00 bits per heavy atom. The quantitative estimate of drug-likeness (QED) is 0.587. The van der Waals surface area contributed by atoms with Crippen LogP contribution in [0, 0.1) is 5.82 Å². The first-order valence-electron chi connectivity index (χ1n) is 6.15. The lowest BCUT2D eigenvalue weighted by molar-refractivity contribution is -0.274. The number of amides is 2. The van der Waals surface area contributed by atoms with Crippen LogP contribution in [0.1, 0.15) is 0 Å². The van der Waals surface area contributed by atoms with Crippen LogP contribution in [0.2, 0.25) is 0 Å². The van der Waals surface area contributed by atoms with Gasteiger partial charge < -0.3 is 20.5 Å². The number of halogens is 4. The second-order valence-corrected chi connectivity index (χ2v) is 4.32. The van der Waals surface area contributed by atoms with Crippen molar-refractivity contribution in [3.05, 3.63) is 48.3 Å². The third kappa shape index (κ3) is 5.06. The topological polar surface area (TPSA) is 70.6 Å². The molecule has 23 heavy (non-hydrogen) atoms. The number of benzene rings is 2. The summed E-state index contributed by atoms with van der Waals surface area (Å²) < 4.78 is 52.8. The van der Waals surface area contributed by atoms with E-state index < -0.39 is 29.7 Å². The zero-order chi connectivity index (χ0) is 17.0. The minimum Gasteiger partial charge on any atom is -0.505 e. The van der Waals surface area contributed by atoms with E-state index in [4.69, 9.17) is 5.11 Å². The molecule has 3 N–H and O–H groups in total. The average molecular weight is 330 g/mol. The minimum atomic E-state index is -4.80. The highest BCUT2D eigenvalue weighted by molar-refractivity contribution is 5.99. The lowest BCUT2D eigenvalue weighted by Gasteiger charge is -2.10. The molecule has 0 fully saturated rings. The molecule has 0 atom stereocenters. The van der Waals surface area contributed by atoms with E-state index in [1.807, 2.05) is 0 Å². The molecule has 0 spiro atoms. The van der Waals surface area contributed by atoms with Crippen molar-refractivity contribution in [3.63, 3.8) is 0 Å². The second-order valence-electron chi connectivity index (χ2n) is 4.32. The Morgan fingerprint density at radius 3 is 2.13 bits per heavy atom. The third-order valence-corrected chi connectivity index (χ3v) is 2.55. The van der Waals surface area contributed by atoms with Gasteiger partial charge in [0.2, 0.25) is 0 Å². The SMILES string of the molecule is O=C(Nc1ccc(OC(F)(F)F)cc1)Nc1ccc(O)c(F)c1. The predicted molar refractivity (Wildman–Crippen MR) is 73.8 cm³/mol. The number of alkyl halides is 3. The van der Waals surface area contributed by atoms with Crippen LogP contribution >= 0.6 is 0 Å². The summed E-state index contributed by atoms with van der Waals surface area (Å²) in [5.41, 5.74) is 0.297. The smallest absolute Gasteiger partial charge is 0.505 e. The number of rotatable bonds is 3. The first-order chi connectivity index (χ1) is 10.7. The molecule has 9 heteroatoms. The molecule has 0 saturated heterocycles. The third-order valence-electron chi connectivity index (χ3n) is 2.55. The normalized spacial score (nSPS) is 11.0. The van der Waals surface area contributed by atoms with Crippen molar-refractivity contribution in [2.45, 2.75) is 6.36 Å². The fourth-order valence-corrected chi connectivity index (χ4v) is 1.62. The molecule has 0 aliphatic rings. The van der Waals surface area contributed by atoms with Gasteiger partial charge in [-0.15, -0.1) is 13.2 Å². The Morgan fingerprint density at radius 2 is 1.57 bits per heavy atom. The summed E-state index contributed by atoms with van der Waals surface area (Å²) in [5, 5.41) is 13.7. The molecule has 0 radical (unpaired) electrons. The zero-order valence-corrected chi connectivity index (χ0v) is 11.3. The summed E-state index contributed by atoms with van der Waals surface area (Å²) in [4.78, 5) is 11.7. The first-order valence-corrected chi connectivity index (χ1v) is 6.15. The Labute approximate surface area is 127 Å². The molecule has 0 aliphatic heterocycles. The number of nitrogens with one attached hydrogen (secondary N) is 2. The van der Waals surface area contributed by atoms with Gasteiger partial charge in [-0.3, -0.25) is 0 Å². The van der Waals surface area contributed by atoms with Gasteiger partial charge in [0.1, 0.15) is 5.75 Å². The van der Waals surface area contributed by atoms with Gasteiger partial charge in [0, 0.05) is 17.4 Å². The van der Waals surface area contributed by atoms with E-state index in [9.17, 15) is 22.4 Å². The van der Waals surface area contributed by atoms with Crippen molar-refractivity contribution >= 4 is 17.4 Å². The van der Waals surface area contributed by atoms with Crippen molar-refractivity contribution in [2.24, 2.45) is 0 Å². The van der Waals surface area contributed by atoms with Crippen LogP contribution in [0.25, 0.3) is 0 Å². The van der Waals surface area contributed by atoms with Crippen molar-refractivity contribution in [2.75, 3.05) is 10.6 Å². The molecule has 0 aliphatic carbocycles. The molecule has 122 valence electrons. The van der Waals surface area contributed by atoms with E-state index in [0.717, 1.165) is 24.3 Å². The molecule has 0 saturated carbocycles. The molecule has 2 aromatic rings. The second kappa shape index (κ2) is 6.42. The van der Waals surface area contributed by atoms with Gasteiger partial charge in [0.15, 0.2) is 11.6 Å². The number of carbonyl (C=O) groups is 1. The largest absolute Gasteiger partial charge is 0.573 e. The summed E-state index contributed by atoms with van der Waals surface area (Å²) in [7, 11) is 0. The van der Waals surface area contributed by atoms with Crippen molar-refractivity contribution in [1.29, 1.82) is 0 Å². The molecule has 0 bridgehead atoms. The summed E-state index contributed by atoms with van der Waals surface area (Å²) in [6.07, 6.45) is -4.80. The Kier molecular flexibility index (Phi) is 4.58. The van der Waals surface area contributed by atoms with Gasteiger partial charge in [0.05, 0.1) is 0 Å². The van der Waals surface area contributed by atoms with Gasteiger partial charge >= 0.3 is 12.4 Å². The number of carbonyl (C=O) groups excluding carboxylic acids is 1. The number of aromatic hydroxyl groups is 1. The maximum Gasteiger partial charge on any atom is 0.573 e. The molecule has 0 heterocycles. The molecule has 0 aromatic heterocycles. The Balaban J connectivity index is 1.96. The lowest BCUT2D eigenvalue weighted by atomic mass is 10.3. The summed E-state index contributed by atoms with van der Waals surface area (Å²) in [6, 6.07) is 6.99. The molecular formula is C14H10F4N2O3. The van der Waals surface area contributed by atoms with Crippen molar-refractivity contribution in [1.82, 2.24) is 0 Å². The summed E-state index contributed by atoms with van der Waals surface area (Å²) in [6.45, 7) is 0. The number of phenolic OH excluding ortho intramolecular Hbond substituents is 1. The molecule has 2 amide bonds. The molecule has 2 aromatic carbocycles. The number of urea groups is 1. The highest BCUT2D eigenvalue weighted by Gasteiger charge is 2.30. The van der Waals surface area contributed by atoms with Crippen molar-refractivity contribution < 1.29 is 32.2 Å². The van der Waals surface area contributed by atoms with Gasteiger partial charge in [-0.25, -0.2) is 9.18 Å². The van der Waals surface area contributed by atoms with Crippen LogP contribution in [0.5, 0.6) is 11.5 Å². The molecule has 2 rings (SSSR count). The summed E-state index contributed by atoms with van der Waals surface area (Å²) >= 11 is 0. The maximum atomic E-state index is 13.1. The number of anilines is 2. The van der Waals surface area contributed by atoms with Crippen LogP contribution in [-0.2, 0) is 0 Å². The zero-order valence-electron chi connectivity index (χ0n) is 11.3. The monoisotopic (exact) mass is 330 g/mol. The lowest BCUT2D eigenvalue weighted by Crippen LogP contribution is -2.19. The van der Waals surface area contributed by atoms with E-state index in [-0.39, 0.29) is 11.4 Å². The highest BCUT2D eigenvalue weighted by atomic mass is 19.4. The predicted octanol–water partition coefficient (Wildman–Crippen LogP) is 4.07. The van der Waals surface area contributed by atoms with Crippen LogP contribution in [0.15, 0.2) is 42.5 Å². The van der Waals surface area contributed by atoms with Gasteiger partial charge in [-0.2, -0.15) is 0 Å². The highest BCUT2D eigenvalue weighted by Crippen LogP contribution is 2.24. The molecule has 5 nitrogen and oxygen atoms in total. The fraction of sp³-hybridized carbons (Fsp3) is 0.0714. The van der Waals surface area contributed by atoms with Gasteiger partial charge in [-0.1, -0.05) is 0 Å². The standard InChI is InChI=1S/C14H10F4N2O3/c15-11-7-9(3-6-12(11)21)20-13(22)19-8-1-4-10(5-2-8)23-14(16,17)18/h1-7,21H,(H2,19,20,22). The number of ether oxygens (including phenoxy) is 1. The van der Waals surface area contributed by atoms with Crippen LogP contribution < -0.4 is 15.4 Å². The Bertz CT molecular complexity index is 702. The van der Waals surface area contributed by atoms with E-state index >= 15 is 0 Å². The van der Waals surface area contributed by atoms with Crippen LogP contribution in [0.3, 0.4) is 0 Å². The summed E-state index contributed by atoms with van der Waals surface area (Å²) in [5.74, 6) is -1.89. The average Bonchev–Trinajstić information content (AvgIpc) is 2.43. The molecular weight excluding hydrogens is 320 g/mol. The van der Waals surface area contributed by atoms with Gasteiger partial charge in [-0.05, 0) is 36.4 Å². The maximum absolute atomic E-state index is 13.1. The van der Waals surface area contributed by atoms with Gasteiger partial charge in [0.25, 0.3) is 0 Å². The van der Waals surface area contributed by atoms with E-state index in [0.29, 0.717) is 0 Å². The fourth-order valence-electron chi connectivity index (χ4n) is 1.62. The Hall–Kier alpha value is -2.97. The van der Waals surface area contributed by atoms with Crippen LogP contribution in [-0.4, -0.2) is 17.5 Å². The van der Waals surface area contributed by atoms with Crippen molar-refractivity contribution in [3.8, 4) is 11.5 Å². The first kappa shape index (κ1) is 16.4.